The summed E-state index contributed by atoms with van der Waals surface area (Å²) < 4.78 is 40.9. The fourth-order valence-corrected chi connectivity index (χ4v) is 1.73. The summed E-state index contributed by atoms with van der Waals surface area (Å²) in [5.74, 6) is -1.17. The molecule has 1 aromatic rings. The van der Waals surface area contributed by atoms with Gasteiger partial charge in [-0.1, -0.05) is 12.1 Å². The first-order valence-electron chi connectivity index (χ1n) is 5.99. The quantitative estimate of drug-likeness (QED) is 0.778. The predicted molar refractivity (Wildman–Crippen MR) is 65.9 cm³/mol. The van der Waals surface area contributed by atoms with Gasteiger partial charge in [-0.05, 0) is 30.5 Å². The number of rotatable bonds is 5. The number of carbonyl (C=O) groups is 1. The summed E-state index contributed by atoms with van der Waals surface area (Å²) in [6.45, 7) is 0. The molecule has 0 N–H and O–H groups in total. The van der Waals surface area contributed by atoms with Crippen LogP contribution in [-0.2, 0) is 11.2 Å². The Kier molecular flexibility index (Phi) is 5.56. The number of esters is 1. The van der Waals surface area contributed by atoms with Gasteiger partial charge in [-0.25, -0.2) is 4.79 Å². The zero-order chi connectivity index (χ0) is 15.2. The van der Waals surface area contributed by atoms with Crippen LogP contribution in [0.15, 0.2) is 24.3 Å². The van der Waals surface area contributed by atoms with Crippen molar-refractivity contribution < 1.29 is 22.7 Å². The molecule has 0 aliphatic rings. The van der Waals surface area contributed by atoms with E-state index in [1.54, 1.807) is 12.1 Å². The first kappa shape index (κ1) is 16.0. The van der Waals surface area contributed by atoms with Crippen molar-refractivity contribution in [2.75, 3.05) is 7.11 Å². The molecule has 3 nitrogen and oxygen atoms in total. The molecule has 0 spiro atoms. The third-order valence-corrected chi connectivity index (χ3v) is 2.82. The van der Waals surface area contributed by atoms with Crippen LogP contribution in [0.25, 0.3) is 0 Å². The topological polar surface area (TPSA) is 50.1 Å². The maximum absolute atomic E-state index is 12.1. The molecular weight excluding hydrogens is 271 g/mol. The van der Waals surface area contributed by atoms with Gasteiger partial charge in [0.1, 0.15) is 0 Å². The average Bonchev–Trinajstić information content (AvgIpc) is 2.42. The van der Waals surface area contributed by atoms with E-state index in [0.29, 0.717) is 11.1 Å². The molecule has 0 aliphatic heterocycles. The van der Waals surface area contributed by atoms with E-state index < -0.39 is 24.5 Å². The number of halogens is 3. The molecule has 1 unspecified atom stereocenters. The summed E-state index contributed by atoms with van der Waals surface area (Å²) in [7, 11) is 1.26. The van der Waals surface area contributed by atoms with Gasteiger partial charge >= 0.3 is 12.1 Å². The molecule has 0 aliphatic carbocycles. The maximum Gasteiger partial charge on any atom is 0.389 e. The Morgan fingerprint density at radius 1 is 1.35 bits per heavy atom. The monoisotopic (exact) mass is 285 g/mol. The van der Waals surface area contributed by atoms with E-state index in [1.807, 2.05) is 6.07 Å². The Morgan fingerprint density at radius 2 is 1.95 bits per heavy atom. The second kappa shape index (κ2) is 6.94. The minimum absolute atomic E-state index is 0.223. The molecule has 20 heavy (non-hydrogen) atoms. The summed E-state index contributed by atoms with van der Waals surface area (Å²) in [5.41, 5.74) is 1.08. The zero-order valence-corrected chi connectivity index (χ0v) is 10.9. The van der Waals surface area contributed by atoms with E-state index in [-0.39, 0.29) is 12.8 Å². The fourth-order valence-electron chi connectivity index (χ4n) is 1.73. The number of carbonyl (C=O) groups excluding carboxylic acids is 1. The molecule has 0 saturated carbocycles. The summed E-state index contributed by atoms with van der Waals surface area (Å²) in [6.07, 6.45) is -5.21. The van der Waals surface area contributed by atoms with Gasteiger partial charge in [0.25, 0.3) is 0 Å². The lowest BCUT2D eigenvalue weighted by atomic mass is 9.95. The Morgan fingerprint density at radius 3 is 2.40 bits per heavy atom. The predicted octanol–water partition coefficient (Wildman–Crippen LogP) is 3.50. The highest BCUT2D eigenvalue weighted by Crippen LogP contribution is 2.25. The van der Waals surface area contributed by atoms with Crippen LogP contribution in [-0.4, -0.2) is 19.3 Å². The third kappa shape index (κ3) is 5.31. The molecule has 0 radical (unpaired) electrons. The highest BCUT2D eigenvalue weighted by molar-refractivity contribution is 5.89. The number of alkyl halides is 3. The van der Waals surface area contributed by atoms with Gasteiger partial charge in [-0.3, -0.25) is 0 Å². The number of ether oxygens (including phenoxy) is 1. The molecule has 1 atom stereocenters. The smallest absolute Gasteiger partial charge is 0.389 e. The molecule has 0 heterocycles. The van der Waals surface area contributed by atoms with Crippen LogP contribution in [0.2, 0.25) is 0 Å². The summed E-state index contributed by atoms with van der Waals surface area (Å²) in [5, 5.41) is 8.87. The lowest BCUT2D eigenvalue weighted by molar-refractivity contribution is -0.136. The fraction of sp³-hybridized carbons (Fsp3) is 0.429. The first-order valence-corrected chi connectivity index (χ1v) is 5.99. The minimum Gasteiger partial charge on any atom is -0.465 e. The average molecular weight is 285 g/mol. The SMILES string of the molecule is COC(=O)c1ccc(CC(C#N)CCC(F)(F)F)cc1. The van der Waals surface area contributed by atoms with Crippen LogP contribution < -0.4 is 0 Å². The van der Waals surface area contributed by atoms with E-state index >= 15 is 0 Å². The van der Waals surface area contributed by atoms with E-state index in [9.17, 15) is 18.0 Å². The first-order chi connectivity index (χ1) is 9.35. The van der Waals surface area contributed by atoms with Crippen molar-refractivity contribution in [3.05, 3.63) is 35.4 Å². The van der Waals surface area contributed by atoms with Crippen LogP contribution in [0.4, 0.5) is 13.2 Å². The minimum atomic E-state index is -4.25. The van der Waals surface area contributed by atoms with Crippen molar-refractivity contribution in [1.82, 2.24) is 0 Å². The number of methoxy groups -OCH3 is 1. The summed E-state index contributed by atoms with van der Waals surface area (Å²) >= 11 is 0. The van der Waals surface area contributed by atoms with Gasteiger partial charge < -0.3 is 4.74 Å². The standard InChI is InChI=1S/C14H14F3NO2/c1-20-13(19)12-4-2-10(3-5-12)8-11(9-18)6-7-14(15,16)17/h2-5,11H,6-8H2,1H3. The van der Waals surface area contributed by atoms with Crippen molar-refractivity contribution in [2.45, 2.75) is 25.4 Å². The van der Waals surface area contributed by atoms with Crippen molar-refractivity contribution in [3.63, 3.8) is 0 Å². The maximum atomic E-state index is 12.1. The molecule has 1 rings (SSSR count). The second-order valence-corrected chi connectivity index (χ2v) is 4.37. The Balaban J connectivity index is 2.62. The molecule has 0 bridgehead atoms. The van der Waals surface area contributed by atoms with Gasteiger partial charge in [0.05, 0.1) is 24.7 Å². The number of nitriles is 1. The van der Waals surface area contributed by atoms with E-state index in [0.717, 1.165) is 0 Å². The molecule has 0 amide bonds. The van der Waals surface area contributed by atoms with Crippen molar-refractivity contribution in [3.8, 4) is 6.07 Å². The number of hydrogen-bond donors (Lipinski definition) is 0. The van der Waals surface area contributed by atoms with Crippen molar-refractivity contribution in [2.24, 2.45) is 5.92 Å². The zero-order valence-electron chi connectivity index (χ0n) is 10.9. The van der Waals surface area contributed by atoms with Gasteiger partial charge in [-0.2, -0.15) is 18.4 Å². The number of benzene rings is 1. The highest BCUT2D eigenvalue weighted by Gasteiger charge is 2.28. The van der Waals surface area contributed by atoms with Crippen molar-refractivity contribution in [1.29, 1.82) is 5.26 Å². The normalized spacial score (nSPS) is 12.6. The second-order valence-electron chi connectivity index (χ2n) is 4.37. The Hall–Kier alpha value is -2.03. The third-order valence-electron chi connectivity index (χ3n) is 2.82. The number of hydrogen-bond acceptors (Lipinski definition) is 3. The molecule has 6 heteroatoms. The largest absolute Gasteiger partial charge is 0.465 e. The lowest BCUT2D eigenvalue weighted by Gasteiger charge is -2.11. The van der Waals surface area contributed by atoms with E-state index in [2.05, 4.69) is 4.74 Å². The van der Waals surface area contributed by atoms with E-state index in [1.165, 1.54) is 19.2 Å². The van der Waals surface area contributed by atoms with Crippen LogP contribution in [0.3, 0.4) is 0 Å². The molecule has 1 aromatic carbocycles. The summed E-state index contributed by atoms with van der Waals surface area (Å²) in [6, 6.07) is 8.16. The molecule has 0 saturated heterocycles. The van der Waals surface area contributed by atoms with Crippen molar-refractivity contribution >= 4 is 5.97 Å². The molecule has 108 valence electrons. The van der Waals surface area contributed by atoms with Crippen LogP contribution in [0.5, 0.6) is 0 Å². The molecule has 0 fully saturated rings. The van der Waals surface area contributed by atoms with Gasteiger partial charge in [0.2, 0.25) is 0 Å². The summed E-state index contributed by atoms with van der Waals surface area (Å²) in [4.78, 5) is 11.2. The van der Waals surface area contributed by atoms with Gasteiger partial charge in [0, 0.05) is 6.42 Å². The van der Waals surface area contributed by atoms with Crippen LogP contribution in [0, 0.1) is 17.2 Å². The van der Waals surface area contributed by atoms with Crippen LogP contribution in [0.1, 0.15) is 28.8 Å². The number of nitrogens with zero attached hydrogens (tertiary/aromatic N) is 1. The Bertz CT molecular complexity index is 489. The highest BCUT2D eigenvalue weighted by atomic mass is 19.4. The lowest BCUT2D eigenvalue weighted by Crippen LogP contribution is -2.11. The Labute approximate surface area is 115 Å². The molecular formula is C14H14F3NO2. The van der Waals surface area contributed by atoms with E-state index in [4.69, 9.17) is 5.26 Å². The van der Waals surface area contributed by atoms with Gasteiger partial charge in [-0.15, -0.1) is 0 Å². The molecule has 0 aromatic heterocycles. The van der Waals surface area contributed by atoms with Crippen LogP contribution >= 0.6 is 0 Å². The van der Waals surface area contributed by atoms with Gasteiger partial charge in [0.15, 0.2) is 0 Å².